The molecule has 0 bridgehead atoms. The standard InChI is InChI=1S/C21H36N4O2S/c1-5-6-7-8-9-10-11-12-13-14-15-28-21-22-18-17(25(21)16(2)3)19(26)23-20(27)24(18)4/h16H,5-15H2,1-4H3,(H,23,26,27). The van der Waals surface area contributed by atoms with Crippen LogP contribution in [-0.4, -0.2) is 24.9 Å². The molecule has 0 fully saturated rings. The Morgan fingerprint density at radius 2 is 1.54 bits per heavy atom. The average Bonchev–Trinajstić information content (AvgIpc) is 3.05. The molecular weight excluding hydrogens is 372 g/mol. The first-order valence-electron chi connectivity index (χ1n) is 10.8. The number of hydrogen-bond acceptors (Lipinski definition) is 4. The highest BCUT2D eigenvalue weighted by atomic mass is 32.2. The summed E-state index contributed by atoms with van der Waals surface area (Å²) in [6.45, 7) is 6.33. The first-order chi connectivity index (χ1) is 13.5. The van der Waals surface area contributed by atoms with Crippen LogP contribution >= 0.6 is 11.8 Å². The molecule has 0 unspecified atom stereocenters. The van der Waals surface area contributed by atoms with Crippen molar-refractivity contribution in [3.05, 3.63) is 20.8 Å². The van der Waals surface area contributed by atoms with Crippen molar-refractivity contribution in [3.63, 3.8) is 0 Å². The number of H-pyrrole nitrogens is 1. The van der Waals surface area contributed by atoms with Crippen LogP contribution in [0.25, 0.3) is 11.2 Å². The Morgan fingerprint density at radius 3 is 2.11 bits per heavy atom. The van der Waals surface area contributed by atoms with Crippen molar-refractivity contribution in [2.45, 2.75) is 96.2 Å². The molecule has 2 aromatic rings. The van der Waals surface area contributed by atoms with Crippen molar-refractivity contribution in [2.24, 2.45) is 7.05 Å². The second-order valence-corrected chi connectivity index (χ2v) is 8.94. The highest BCUT2D eigenvalue weighted by molar-refractivity contribution is 7.99. The molecule has 0 aliphatic carbocycles. The second-order valence-electron chi connectivity index (χ2n) is 7.88. The maximum atomic E-state index is 12.3. The predicted molar refractivity (Wildman–Crippen MR) is 119 cm³/mol. The van der Waals surface area contributed by atoms with E-state index in [0.717, 1.165) is 17.3 Å². The van der Waals surface area contributed by atoms with Crippen molar-refractivity contribution in [1.29, 1.82) is 0 Å². The fraction of sp³-hybridized carbons (Fsp3) is 0.762. The van der Waals surface area contributed by atoms with Crippen LogP contribution in [-0.2, 0) is 7.05 Å². The van der Waals surface area contributed by atoms with E-state index in [1.165, 1.54) is 62.4 Å². The largest absolute Gasteiger partial charge is 0.329 e. The number of rotatable bonds is 13. The number of nitrogens with one attached hydrogen (secondary N) is 1. The molecule has 158 valence electrons. The van der Waals surface area contributed by atoms with Crippen molar-refractivity contribution in [2.75, 3.05) is 5.75 Å². The van der Waals surface area contributed by atoms with Gasteiger partial charge in [0.25, 0.3) is 5.56 Å². The number of thioether (sulfide) groups is 1. The van der Waals surface area contributed by atoms with Gasteiger partial charge in [-0.2, -0.15) is 0 Å². The molecule has 28 heavy (non-hydrogen) atoms. The van der Waals surface area contributed by atoms with E-state index in [4.69, 9.17) is 0 Å². The molecule has 2 aromatic heterocycles. The average molecular weight is 409 g/mol. The lowest BCUT2D eigenvalue weighted by atomic mass is 10.1. The Labute approximate surface area is 172 Å². The summed E-state index contributed by atoms with van der Waals surface area (Å²) < 4.78 is 3.37. The van der Waals surface area contributed by atoms with E-state index in [2.05, 4.69) is 16.9 Å². The molecule has 0 amide bonds. The van der Waals surface area contributed by atoms with Gasteiger partial charge in [0.1, 0.15) is 0 Å². The van der Waals surface area contributed by atoms with Crippen LogP contribution < -0.4 is 11.2 Å². The van der Waals surface area contributed by atoms with E-state index in [1.54, 1.807) is 18.8 Å². The molecule has 7 heteroatoms. The van der Waals surface area contributed by atoms with Crippen LogP contribution in [0.3, 0.4) is 0 Å². The Bertz CT molecular complexity index is 850. The van der Waals surface area contributed by atoms with Crippen molar-refractivity contribution in [3.8, 4) is 0 Å². The summed E-state index contributed by atoms with van der Waals surface area (Å²) in [6, 6.07) is 0.110. The topological polar surface area (TPSA) is 72.7 Å². The third kappa shape index (κ3) is 6.00. The maximum absolute atomic E-state index is 12.3. The molecule has 2 heterocycles. The smallest absolute Gasteiger partial charge is 0.311 e. The van der Waals surface area contributed by atoms with E-state index in [1.807, 2.05) is 18.4 Å². The zero-order chi connectivity index (χ0) is 20.5. The zero-order valence-corrected chi connectivity index (χ0v) is 18.7. The van der Waals surface area contributed by atoms with Crippen LogP contribution in [0.1, 0.15) is 91.0 Å². The molecule has 0 aliphatic heterocycles. The van der Waals surface area contributed by atoms with Crippen molar-refractivity contribution >= 4 is 22.9 Å². The number of imidazole rings is 1. The summed E-state index contributed by atoms with van der Waals surface area (Å²) in [5.74, 6) is 0.985. The molecule has 1 N–H and O–H groups in total. The van der Waals surface area contributed by atoms with Crippen LogP contribution in [0.2, 0.25) is 0 Å². The minimum atomic E-state index is -0.419. The highest BCUT2D eigenvalue weighted by Crippen LogP contribution is 2.26. The number of aryl methyl sites for hydroxylation is 1. The van der Waals surface area contributed by atoms with Gasteiger partial charge >= 0.3 is 5.69 Å². The molecule has 0 saturated heterocycles. The van der Waals surface area contributed by atoms with Gasteiger partial charge in [0, 0.05) is 18.8 Å². The van der Waals surface area contributed by atoms with Gasteiger partial charge in [-0.25, -0.2) is 9.78 Å². The van der Waals surface area contributed by atoms with E-state index in [-0.39, 0.29) is 11.6 Å². The normalized spacial score (nSPS) is 11.8. The Kier molecular flexibility index (Phi) is 9.35. The number of aromatic nitrogens is 4. The van der Waals surface area contributed by atoms with E-state index < -0.39 is 5.69 Å². The van der Waals surface area contributed by atoms with E-state index in [0.29, 0.717) is 11.2 Å². The van der Waals surface area contributed by atoms with Gasteiger partial charge in [0.05, 0.1) is 0 Å². The SMILES string of the molecule is CCCCCCCCCCCCSc1nc2c(c(=O)[nH]c(=O)n2C)n1C(C)C. The summed E-state index contributed by atoms with van der Waals surface area (Å²) in [4.78, 5) is 31.2. The third-order valence-electron chi connectivity index (χ3n) is 5.16. The first kappa shape index (κ1) is 22.8. The number of unbranched alkanes of at least 4 members (excludes halogenated alkanes) is 9. The minimum Gasteiger partial charge on any atom is -0.311 e. The number of aromatic amines is 1. The van der Waals surface area contributed by atoms with E-state index >= 15 is 0 Å². The Morgan fingerprint density at radius 1 is 0.964 bits per heavy atom. The fourth-order valence-corrected chi connectivity index (χ4v) is 4.64. The Balaban J connectivity index is 1.84. The lowest BCUT2D eigenvalue weighted by Crippen LogP contribution is -2.29. The van der Waals surface area contributed by atoms with Gasteiger partial charge in [-0.05, 0) is 20.3 Å². The van der Waals surface area contributed by atoms with Gasteiger partial charge in [-0.1, -0.05) is 76.5 Å². The monoisotopic (exact) mass is 408 g/mol. The van der Waals surface area contributed by atoms with Crippen LogP contribution in [0.4, 0.5) is 0 Å². The predicted octanol–water partition coefficient (Wildman–Crippen LogP) is 5.02. The van der Waals surface area contributed by atoms with Crippen molar-refractivity contribution in [1.82, 2.24) is 19.1 Å². The lowest BCUT2D eigenvalue weighted by molar-refractivity contribution is 0.560. The van der Waals surface area contributed by atoms with Crippen LogP contribution in [0.5, 0.6) is 0 Å². The summed E-state index contributed by atoms with van der Waals surface area (Å²) in [7, 11) is 1.65. The highest BCUT2D eigenvalue weighted by Gasteiger charge is 2.19. The van der Waals surface area contributed by atoms with Gasteiger partial charge in [-0.15, -0.1) is 0 Å². The Hall–Kier alpha value is -1.50. The number of fused-ring (bicyclic) bond motifs is 1. The summed E-state index contributed by atoms with van der Waals surface area (Å²) in [6.07, 6.45) is 13.2. The van der Waals surface area contributed by atoms with Crippen LogP contribution in [0.15, 0.2) is 14.7 Å². The van der Waals surface area contributed by atoms with Crippen LogP contribution in [0, 0.1) is 0 Å². The molecule has 0 saturated carbocycles. The van der Waals surface area contributed by atoms with E-state index in [9.17, 15) is 9.59 Å². The maximum Gasteiger partial charge on any atom is 0.329 e. The molecule has 0 aliphatic rings. The molecule has 0 aromatic carbocycles. The molecule has 0 radical (unpaired) electrons. The molecular formula is C21H36N4O2S. The van der Waals surface area contributed by atoms with Gasteiger partial charge in [0.15, 0.2) is 16.3 Å². The van der Waals surface area contributed by atoms with Crippen molar-refractivity contribution < 1.29 is 0 Å². The minimum absolute atomic E-state index is 0.110. The lowest BCUT2D eigenvalue weighted by Gasteiger charge is -2.11. The van der Waals surface area contributed by atoms with Gasteiger partial charge in [-0.3, -0.25) is 14.3 Å². The number of nitrogens with zero attached hydrogens (tertiary/aromatic N) is 3. The summed E-state index contributed by atoms with van der Waals surface area (Å²) in [5, 5.41) is 0.827. The second kappa shape index (κ2) is 11.5. The van der Waals surface area contributed by atoms with Gasteiger partial charge in [0.2, 0.25) is 0 Å². The number of hydrogen-bond donors (Lipinski definition) is 1. The summed E-state index contributed by atoms with van der Waals surface area (Å²) in [5.41, 5.74) is 0.179. The fourth-order valence-electron chi connectivity index (χ4n) is 3.52. The summed E-state index contributed by atoms with van der Waals surface area (Å²) >= 11 is 1.69. The molecule has 0 atom stereocenters. The third-order valence-corrected chi connectivity index (χ3v) is 6.20. The van der Waals surface area contributed by atoms with Gasteiger partial charge < -0.3 is 4.57 Å². The first-order valence-corrected chi connectivity index (χ1v) is 11.8. The quantitative estimate of drug-likeness (QED) is 0.373. The molecule has 6 nitrogen and oxygen atoms in total. The molecule has 0 spiro atoms. The zero-order valence-electron chi connectivity index (χ0n) is 17.9. The molecule has 2 rings (SSSR count).